The van der Waals surface area contributed by atoms with Crippen molar-refractivity contribution in [3.63, 3.8) is 0 Å². The molecule has 0 saturated carbocycles. The van der Waals surface area contributed by atoms with Crippen LogP contribution in [0.25, 0.3) is 0 Å². The second-order valence-electron chi connectivity index (χ2n) is 0. The van der Waals surface area contributed by atoms with Gasteiger partial charge >= 0.3 is 25.8 Å². The van der Waals surface area contributed by atoms with E-state index in [2.05, 4.69) is 0 Å². The molecule has 0 aromatic rings. The summed E-state index contributed by atoms with van der Waals surface area (Å²) in [7, 11) is 0. The first kappa shape index (κ1) is 338. The predicted octanol–water partition coefficient (Wildman–Crippen LogP) is -9.22. The van der Waals surface area contributed by atoms with E-state index in [0.717, 1.165) is 0 Å². The van der Waals surface area contributed by atoms with E-state index in [-0.39, 0.29) is 44.7 Å². The van der Waals surface area contributed by atoms with Crippen molar-refractivity contribution in [2.75, 3.05) is 0 Å². The zero-order valence-electron chi connectivity index (χ0n) is 2.12. The fraction of sp³-hybridized carbons (Fsp3) is 0. The zero-order valence-corrected chi connectivity index (χ0v) is 5.42. The quantitative estimate of drug-likeness (QED) is 0.334. The minimum Gasteiger partial charge on any atom is -1.00 e. The maximum atomic E-state index is 0. The topological polar surface area (TPSA) is 0 Å². The van der Waals surface area contributed by atoms with Gasteiger partial charge in [-0.25, -0.2) is 0 Å². The molecular formula is HF4In. The van der Waals surface area contributed by atoms with E-state index in [1.54, 1.807) is 0 Å². The fourth-order valence-corrected chi connectivity index (χ4v) is 0. The summed E-state index contributed by atoms with van der Waals surface area (Å²) >= 11 is 0. The second-order valence-corrected chi connectivity index (χ2v) is 0. The molecule has 0 rings (SSSR count). The summed E-state index contributed by atoms with van der Waals surface area (Å²) in [5, 5.41) is 0. The average molecular weight is 192 g/mol. The van der Waals surface area contributed by atoms with Gasteiger partial charge in [0.05, 0.1) is 0 Å². The van der Waals surface area contributed by atoms with Gasteiger partial charge in [0.2, 0.25) is 0 Å². The van der Waals surface area contributed by atoms with Crippen molar-refractivity contribution in [1.82, 2.24) is 0 Å². The van der Waals surface area contributed by atoms with E-state index in [0.29, 0.717) is 0 Å². The van der Waals surface area contributed by atoms with Gasteiger partial charge in [-0.2, -0.15) is 0 Å². The Hall–Kier alpha value is 0.590. The van der Waals surface area contributed by atoms with Crippen molar-refractivity contribution in [1.29, 1.82) is 0 Å². The third-order valence-corrected chi connectivity index (χ3v) is 0. The van der Waals surface area contributed by atoms with Crippen LogP contribution in [0.1, 0.15) is 0 Å². The Bertz CT molecular complexity index is 3.61. The summed E-state index contributed by atoms with van der Waals surface area (Å²) in [6.45, 7) is 0. The summed E-state index contributed by atoms with van der Waals surface area (Å²) in [4.78, 5) is 0. The Morgan fingerprint density at radius 1 is 0.600 bits per heavy atom. The van der Waals surface area contributed by atoms with Gasteiger partial charge in [-0.05, 0) is 0 Å². The van der Waals surface area contributed by atoms with Crippen molar-refractivity contribution in [3.05, 3.63) is 0 Å². The molecule has 0 saturated heterocycles. The fourth-order valence-electron chi connectivity index (χ4n) is 0. The summed E-state index contributed by atoms with van der Waals surface area (Å²) in [6, 6.07) is 0. The van der Waals surface area contributed by atoms with Crippen molar-refractivity contribution in [3.8, 4) is 0 Å². The van der Waals surface area contributed by atoms with E-state index in [1.165, 1.54) is 0 Å². The minimum atomic E-state index is 0. The van der Waals surface area contributed by atoms with Crippen LogP contribution in [0.5, 0.6) is 0 Å². The van der Waals surface area contributed by atoms with Crippen LogP contribution in [0, 0.1) is 0 Å². The van der Waals surface area contributed by atoms with E-state index >= 15 is 0 Å². The number of hydrogen-bond donors (Lipinski definition) is 0. The predicted molar refractivity (Wildman–Crippen MR) is 8.26 cm³/mol. The van der Waals surface area contributed by atoms with Gasteiger partial charge in [-0.1, -0.05) is 0 Å². The van der Waals surface area contributed by atoms with Crippen LogP contribution in [0.3, 0.4) is 0 Å². The van der Waals surface area contributed by atoms with Crippen LogP contribution in [-0.4, -0.2) is 25.8 Å². The van der Waals surface area contributed by atoms with Crippen molar-refractivity contribution in [2.45, 2.75) is 0 Å². The van der Waals surface area contributed by atoms with Crippen molar-refractivity contribution >= 4 is 25.8 Å². The molecule has 0 N–H and O–H groups in total. The SMILES string of the molecule is F.[F-].[F-].[F-].[In+3]. The van der Waals surface area contributed by atoms with Crippen LogP contribution in [-0.2, 0) is 0 Å². The standard InChI is InChI=1S/4FH.In/h4*1H;/q;;;;+3/p-3. The van der Waals surface area contributed by atoms with Gasteiger partial charge in [-0.3, -0.25) is 4.70 Å². The second kappa shape index (κ2) is 170. The first-order valence-corrected chi connectivity index (χ1v) is 0. The summed E-state index contributed by atoms with van der Waals surface area (Å²) in [5.41, 5.74) is 0. The maximum Gasteiger partial charge on any atom is 3.00 e. The largest absolute Gasteiger partial charge is 3.00 e. The van der Waals surface area contributed by atoms with Gasteiger partial charge in [0.25, 0.3) is 0 Å². The van der Waals surface area contributed by atoms with Crippen LogP contribution in [0.15, 0.2) is 0 Å². The minimum absolute atomic E-state index is 0. The van der Waals surface area contributed by atoms with Gasteiger partial charge < -0.3 is 14.1 Å². The third-order valence-electron chi connectivity index (χ3n) is 0. The smallest absolute Gasteiger partial charge is 1.00 e. The first-order chi connectivity index (χ1) is 0. The molecule has 5 heavy (non-hydrogen) atoms. The number of rotatable bonds is 0. The molecule has 0 nitrogen and oxygen atoms in total. The summed E-state index contributed by atoms with van der Waals surface area (Å²) < 4.78 is 0. The Balaban J connectivity index is 0. The molecule has 5 heteroatoms. The molecule has 0 radical (unpaired) electrons. The van der Waals surface area contributed by atoms with Crippen LogP contribution >= 0.6 is 0 Å². The van der Waals surface area contributed by atoms with E-state index < -0.39 is 0 Å². The van der Waals surface area contributed by atoms with Gasteiger partial charge in [0.1, 0.15) is 0 Å². The van der Waals surface area contributed by atoms with Gasteiger partial charge in [-0.15, -0.1) is 0 Å². The van der Waals surface area contributed by atoms with Crippen LogP contribution in [0.2, 0.25) is 0 Å². The molecule has 0 heterocycles. The molecule has 0 spiro atoms. The maximum absolute atomic E-state index is 0. The number of halogens is 4. The normalized spacial score (nSPS) is 0. The van der Waals surface area contributed by atoms with Gasteiger partial charge in [0.15, 0.2) is 0 Å². The molecule has 0 aromatic carbocycles. The molecule has 0 amide bonds. The summed E-state index contributed by atoms with van der Waals surface area (Å²) in [6.07, 6.45) is 0. The van der Waals surface area contributed by atoms with Gasteiger partial charge in [0, 0.05) is 0 Å². The van der Waals surface area contributed by atoms with E-state index in [4.69, 9.17) is 0 Å². The van der Waals surface area contributed by atoms with E-state index in [1.807, 2.05) is 0 Å². The molecule has 0 aliphatic heterocycles. The first-order valence-electron chi connectivity index (χ1n) is 0. The Morgan fingerprint density at radius 2 is 0.600 bits per heavy atom. The molecular weight excluding hydrogens is 191 g/mol. The molecule has 0 bridgehead atoms. The average Bonchev–Trinajstić information content (AvgIpc) is 0. The Morgan fingerprint density at radius 3 is 0.600 bits per heavy atom. The zero-order chi connectivity index (χ0) is 0. The van der Waals surface area contributed by atoms with E-state index in [9.17, 15) is 0 Å². The monoisotopic (exact) mass is 192 g/mol. The van der Waals surface area contributed by atoms with Crippen molar-refractivity contribution in [2.24, 2.45) is 0 Å². The van der Waals surface area contributed by atoms with Crippen molar-refractivity contribution < 1.29 is 18.8 Å². The van der Waals surface area contributed by atoms with Crippen LogP contribution in [0.4, 0.5) is 4.70 Å². The Labute approximate surface area is 45.2 Å². The molecule has 0 aliphatic carbocycles. The third kappa shape index (κ3) is 88.4. The molecule has 0 aliphatic rings. The number of hydrogen-bond acceptors (Lipinski definition) is 0. The molecule has 0 atom stereocenters. The molecule has 0 aromatic heterocycles. The molecule has 0 unspecified atom stereocenters. The Kier molecular flexibility index (Phi) is 11500. The van der Waals surface area contributed by atoms with Crippen LogP contribution < -0.4 is 14.1 Å². The molecule has 0 fully saturated rings. The summed E-state index contributed by atoms with van der Waals surface area (Å²) in [5.74, 6) is 0. The molecule has 32 valence electrons.